The number of rotatable bonds is 4. The quantitative estimate of drug-likeness (QED) is 0.532. The summed E-state index contributed by atoms with van der Waals surface area (Å²) in [4.78, 5) is 26.5. The number of quaternary nitrogens is 1. The highest BCUT2D eigenvalue weighted by Gasteiger charge is 2.53. The Morgan fingerprint density at radius 3 is 2.27 bits per heavy atom. The number of amides is 2. The van der Waals surface area contributed by atoms with Gasteiger partial charge in [-0.3, -0.25) is 9.59 Å². The zero-order chi connectivity index (χ0) is 21.7. The van der Waals surface area contributed by atoms with Crippen LogP contribution in [0.2, 0.25) is 0 Å². The van der Waals surface area contributed by atoms with Crippen LogP contribution in [-0.2, 0) is 19.6 Å². The van der Waals surface area contributed by atoms with Crippen LogP contribution in [0.1, 0.15) is 32.1 Å². The van der Waals surface area contributed by atoms with Crippen molar-refractivity contribution < 1.29 is 36.1 Å². The SMILES string of the molecule is O=C1CC2(CCCC2)C(=O)N1C[NH+]1CCN(S(=O)(=O)c2ccc(F)c(F)c2F)CC1. The molecule has 164 valence electrons. The molecule has 1 spiro atoms. The maximum absolute atomic E-state index is 14.0. The van der Waals surface area contributed by atoms with Crippen molar-refractivity contribution >= 4 is 21.8 Å². The number of carbonyl (C=O) groups excluding carboxylic acids is 2. The molecule has 1 saturated carbocycles. The minimum Gasteiger partial charge on any atom is -0.315 e. The summed E-state index contributed by atoms with van der Waals surface area (Å²) in [6.45, 7) is 0.797. The summed E-state index contributed by atoms with van der Waals surface area (Å²) >= 11 is 0. The normalized spacial score (nSPS) is 23.1. The molecule has 1 N–H and O–H groups in total. The molecule has 2 heterocycles. The van der Waals surface area contributed by atoms with E-state index < -0.39 is 37.8 Å². The van der Waals surface area contributed by atoms with Crippen LogP contribution in [0.3, 0.4) is 0 Å². The second-order valence-electron chi connectivity index (χ2n) is 8.28. The van der Waals surface area contributed by atoms with Gasteiger partial charge in [-0.05, 0) is 25.0 Å². The van der Waals surface area contributed by atoms with Crippen LogP contribution in [0.5, 0.6) is 0 Å². The third kappa shape index (κ3) is 3.42. The Balaban J connectivity index is 1.41. The standard InChI is InChI=1S/C19H22F3N3O4S/c20-13-3-4-14(17(22)16(13)21)30(28,29)24-9-7-23(8-10-24)12-25-15(26)11-19(18(25)27)5-1-2-6-19/h3-4H,1-2,5-12H2/p+1. The number of benzene rings is 1. The van der Waals surface area contributed by atoms with Crippen LogP contribution in [0.25, 0.3) is 0 Å². The van der Waals surface area contributed by atoms with Crippen molar-refractivity contribution in [2.24, 2.45) is 5.41 Å². The molecule has 2 aliphatic heterocycles. The van der Waals surface area contributed by atoms with Crippen LogP contribution < -0.4 is 4.90 Å². The molecule has 3 aliphatic rings. The zero-order valence-electron chi connectivity index (χ0n) is 16.3. The van der Waals surface area contributed by atoms with Crippen molar-refractivity contribution in [3.63, 3.8) is 0 Å². The van der Waals surface area contributed by atoms with Gasteiger partial charge >= 0.3 is 0 Å². The lowest BCUT2D eigenvalue weighted by Crippen LogP contribution is -3.16. The highest BCUT2D eigenvalue weighted by Crippen LogP contribution is 2.46. The summed E-state index contributed by atoms with van der Waals surface area (Å²) in [5.74, 6) is -5.34. The fraction of sp³-hybridized carbons (Fsp3) is 0.579. The van der Waals surface area contributed by atoms with Crippen molar-refractivity contribution in [1.29, 1.82) is 0 Å². The monoisotopic (exact) mass is 446 g/mol. The largest absolute Gasteiger partial charge is 0.315 e. The van der Waals surface area contributed by atoms with Gasteiger partial charge < -0.3 is 4.90 Å². The zero-order valence-corrected chi connectivity index (χ0v) is 17.1. The molecule has 11 heteroatoms. The van der Waals surface area contributed by atoms with Crippen LogP contribution in [-0.4, -0.2) is 62.3 Å². The van der Waals surface area contributed by atoms with E-state index in [0.717, 1.165) is 34.9 Å². The van der Waals surface area contributed by atoms with Gasteiger partial charge in [0.25, 0.3) is 0 Å². The van der Waals surface area contributed by atoms with Gasteiger partial charge in [0.15, 0.2) is 24.1 Å². The summed E-state index contributed by atoms with van der Waals surface area (Å²) in [5.41, 5.74) is -0.550. The highest BCUT2D eigenvalue weighted by molar-refractivity contribution is 7.89. The molecule has 4 rings (SSSR count). The number of nitrogens with one attached hydrogen (secondary N) is 1. The van der Waals surface area contributed by atoms with Crippen LogP contribution in [0.4, 0.5) is 13.2 Å². The molecule has 0 aromatic heterocycles. The summed E-state index contributed by atoms with van der Waals surface area (Å²) in [6, 6.07) is 1.29. The molecular weight excluding hydrogens is 423 g/mol. The lowest BCUT2D eigenvalue weighted by Gasteiger charge is -2.33. The first-order valence-corrected chi connectivity index (χ1v) is 11.4. The summed E-state index contributed by atoms with van der Waals surface area (Å²) in [5, 5.41) is 0. The Morgan fingerprint density at radius 2 is 1.63 bits per heavy atom. The maximum Gasteiger partial charge on any atom is 0.246 e. The van der Waals surface area contributed by atoms with E-state index in [4.69, 9.17) is 0 Å². The topological polar surface area (TPSA) is 79.2 Å². The number of carbonyl (C=O) groups is 2. The van der Waals surface area contributed by atoms with Crippen LogP contribution in [0.15, 0.2) is 17.0 Å². The van der Waals surface area contributed by atoms with Gasteiger partial charge in [0.2, 0.25) is 21.8 Å². The van der Waals surface area contributed by atoms with E-state index in [1.807, 2.05) is 0 Å². The van der Waals surface area contributed by atoms with E-state index in [2.05, 4.69) is 0 Å². The van der Waals surface area contributed by atoms with E-state index in [0.29, 0.717) is 25.2 Å². The van der Waals surface area contributed by atoms with Crippen LogP contribution >= 0.6 is 0 Å². The van der Waals surface area contributed by atoms with Gasteiger partial charge in [0, 0.05) is 6.42 Å². The number of likely N-dealkylation sites (tertiary alicyclic amines) is 1. The predicted octanol–water partition coefficient (Wildman–Crippen LogP) is 0.270. The number of hydrogen-bond acceptors (Lipinski definition) is 4. The molecule has 30 heavy (non-hydrogen) atoms. The highest BCUT2D eigenvalue weighted by atomic mass is 32.2. The van der Waals surface area contributed by atoms with Crippen molar-refractivity contribution in [1.82, 2.24) is 9.21 Å². The average molecular weight is 446 g/mol. The minimum atomic E-state index is -4.33. The molecule has 3 fully saturated rings. The molecule has 0 unspecified atom stereocenters. The first-order valence-electron chi connectivity index (χ1n) is 9.98. The van der Waals surface area contributed by atoms with Crippen molar-refractivity contribution in [3.05, 3.63) is 29.6 Å². The number of imide groups is 1. The molecule has 0 bridgehead atoms. The molecule has 2 amide bonds. The lowest BCUT2D eigenvalue weighted by atomic mass is 9.85. The van der Waals surface area contributed by atoms with Crippen molar-refractivity contribution in [3.8, 4) is 0 Å². The Labute approximate surface area is 172 Å². The molecule has 0 atom stereocenters. The van der Waals surface area contributed by atoms with Gasteiger partial charge in [0.1, 0.15) is 4.90 Å². The Hall–Kier alpha value is -1.98. The van der Waals surface area contributed by atoms with Gasteiger partial charge in [-0.15, -0.1) is 0 Å². The minimum absolute atomic E-state index is 0.0114. The number of piperazine rings is 1. The van der Waals surface area contributed by atoms with E-state index in [9.17, 15) is 31.2 Å². The second-order valence-corrected chi connectivity index (χ2v) is 10.2. The fourth-order valence-corrected chi connectivity index (χ4v) is 6.23. The van der Waals surface area contributed by atoms with Gasteiger partial charge in [-0.2, -0.15) is 4.31 Å². The van der Waals surface area contributed by atoms with Crippen molar-refractivity contribution in [2.75, 3.05) is 32.8 Å². The average Bonchev–Trinajstić information content (AvgIpc) is 3.27. The first kappa shape index (κ1) is 21.3. The van der Waals surface area contributed by atoms with E-state index in [1.165, 1.54) is 4.90 Å². The third-order valence-corrected chi connectivity index (χ3v) is 8.40. The number of hydrogen-bond donors (Lipinski definition) is 1. The summed E-state index contributed by atoms with van der Waals surface area (Å²) in [6.07, 6.45) is 3.59. The summed E-state index contributed by atoms with van der Waals surface area (Å²) in [7, 11) is -4.33. The molecule has 2 saturated heterocycles. The lowest BCUT2D eigenvalue weighted by molar-refractivity contribution is -0.910. The van der Waals surface area contributed by atoms with E-state index >= 15 is 0 Å². The predicted molar refractivity (Wildman–Crippen MR) is 98.0 cm³/mol. The smallest absolute Gasteiger partial charge is 0.246 e. The fourth-order valence-electron chi connectivity index (χ4n) is 4.73. The van der Waals surface area contributed by atoms with Crippen LogP contribution in [0, 0.1) is 22.9 Å². The summed E-state index contributed by atoms with van der Waals surface area (Å²) < 4.78 is 66.9. The van der Waals surface area contributed by atoms with E-state index in [-0.39, 0.29) is 38.0 Å². The molecular formula is C19H23F3N3O4S+. The van der Waals surface area contributed by atoms with Gasteiger partial charge in [-0.25, -0.2) is 26.5 Å². The number of sulfonamides is 1. The van der Waals surface area contributed by atoms with Gasteiger partial charge in [0.05, 0.1) is 31.6 Å². The molecule has 1 aliphatic carbocycles. The third-order valence-electron chi connectivity index (χ3n) is 6.48. The number of halogens is 3. The molecule has 1 aromatic rings. The maximum atomic E-state index is 14.0. The Morgan fingerprint density at radius 1 is 1.00 bits per heavy atom. The molecule has 7 nitrogen and oxygen atoms in total. The number of nitrogens with zero attached hydrogens (tertiary/aromatic N) is 2. The first-order chi connectivity index (χ1) is 14.2. The second kappa shape index (κ2) is 7.61. The molecule has 1 aromatic carbocycles. The Kier molecular flexibility index (Phi) is 5.39. The van der Waals surface area contributed by atoms with Crippen molar-refractivity contribution in [2.45, 2.75) is 37.0 Å². The Bertz CT molecular complexity index is 987. The molecule has 0 radical (unpaired) electrons. The van der Waals surface area contributed by atoms with E-state index in [1.54, 1.807) is 0 Å². The van der Waals surface area contributed by atoms with Gasteiger partial charge in [-0.1, -0.05) is 12.8 Å².